The second kappa shape index (κ2) is 6.75. The molecule has 3 rings (SSSR count). The fourth-order valence-corrected chi connectivity index (χ4v) is 4.45. The zero-order valence-electron chi connectivity index (χ0n) is 15.2. The summed E-state index contributed by atoms with van der Waals surface area (Å²) in [6.45, 7) is 4.82. The number of aromatic nitrogens is 1. The Morgan fingerprint density at radius 3 is 2.76 bits per heavy atom. The van der Waals surface area contributed by atoms with Crippen LogP contribution in [0.25, 0.3) is 0 Å². The molecule has 3 heterocycles. The lowest BCUT2D eigenvalue weighted by Gasteiger charge is -2.39. The predicted molar refractivity (Wildman–Crippen MR) is 93.9 cm³/mol. The van der Waals surface area contributed by atoms with E-state index in [0.717, 1.165) is 31.4 Å². The van der Waals surface area contributed by atoms with Crippen LogP contribution in [0.3, 0.4) is 0 Å². The van der Waals surface area contributed by atoms with Gasteiger partial charge in [0.15, 0.2) is 0 Å². The monoisotopic (exact) mass is 345 g/mol. The molecule has 2 atom stereocenters. The van der Waals surface area contributed by atoms with Gasteiger partial charge in [0.05, 0.1) is 30.1 Å². The van der Waals surface area contributed by atoms with E-state index in [2.05, 4.69) is 10.3 Å². The van der Waals surface area contributed by atoms with Gasteiger partial charge in [-0.1, -0.05) is 0 Å². The van der Waals surface area contributed by atoms with Crippen LogP contribution in [-0.4, -0.2) is 52.5 Å². The number of carbonyl (C=O) groups excluding carboxylic acids is 2. The number of nitrogens with zero attached hydrogens (tertiary/aromatic N) is 2. The van der Waals surface area contributed by atoms with Gasteiger partial charge in [0.25, 0.3) is 0 Å². The lowest BCUT2D eigenvalue weighted by Crippen LogP contribution is -2.54. The fourth-order valence-electron chi connectivity index (χ4n) is 4.45. The molecule has 1 aromatic heterocycles. The van der Waals surface area contributed by atoms with Crippen LogP contribution in [0.2, 0.25) is 0 Å². The summed E-state index contributed by atoms with van der Waals surface area (Å²) in [5, 5.41) is 2.68. The number of hydrogen-bond acceptors (Lipinski definition) is 4. The largest absolute Gasteiger partial charge is 0.369 e. The van der Waals surface area contributed by atoms with Gasteiger partial charge in [-0.25, -0.2) is 0 Å². The van der Waals surface area contributed by atoms with Gasteiger partial charge in [-0.05, 0) is 44.4 Å². The summed E-state index contributed by atoms with van der Waals surface area (Å²) in [5.74, 6) is 0.0578. The van der Waals surface area contributed by atoms with Gasteiger partial charge in [-0.3, -0.25) is 14.6 Å². The van der Waals surface area contributed by atoms with Crippen molar-refractivity contribution >= 4 is 11.8 Å². The number of carbonyl (C=O) groups is 2. The lowest BCUT2D eigenvalue weighted by molar-refractivity contribution is -0.139. The summed E-state index contributed by atoms with van der Waals surface area (Å²) >= 11 is 0. The van der Waals surface area contributed by atoms with Crippen LogP contribution in [-0.2, 0) is 20.7 Å². The zero-order valence-corrected chi connectivity index (χ0v) is 15.2. The van der Waals surface area contributed by atoms with Crippen molar-refractivity contribution in [2.75, 3.05) is 13.6 Å². The van der Waals surface area contributed by atoms with Crippen LogP contribution in [0.1, 0.15) is 45.1 Å². The van der Waals surface area contributed by atoms with E-state index in [9.17, 15) is 9.59 Å². The average Bonchev–Trinajstić information content (AvgIpc) is 3.09. The van der Waals surface area contributed by atoms with Crippen LogP contribution in [0.15, 0.2) is 24.5 Å². The third-order valence-corrected chi connectivity index (χ3v) is 5.38. The molecule has 1 spiro atoms. The molecule has 0 saturated carbocycles. The summed E-state index contributed by atoms with van der Waals surface area (Å²) in [6, 6.07) is 3.75. The van der Waals surface area contributed by atoms with Crippen LogP contribution in [0.4, 0.5) is 0 Å². The fraction of sp³-hybridized carbons (Fsp3) is 0.632. The average molecular weight is 345 g/mol. The van der Waals surface area contributed by atoms with E-state index in [1.807, 2.05) is 30.9 Å². The number of hydrogen-bond donors (Lipinski definition) is 1. The van der Waals surface area contributed by atoms with Crippen molar-refractivity contribution in [3.05, 3.63) is 30.1 Å². The zero-order chi connectivity index (χ0) is 18.1. The molecule has 2 fully saturated rings. The summed E-state index contributed by atoms with van der Waals surface area (Å²) < 4.78 is 6.22. The van der Waals surface area contributed by atoms with Crippen molar-refractivity contribution in [1.82, 2.24) is 15.2 Å². The molecule has 6 heteroatoms. The second-order valence-corrected chi connectivity index (χ2v) is 7.71. The van der Waals surface area contributed by atoms with E-state index in [4.69, 9.17) is 4.74 Å². The Balaban J connectivity index is 1.83. The number of amides is 2. The molecule has 25 heavy (non-hydrogen) atoms. The molecule has 0 aliphatic carbocycles. The van der Waals surface area contributed by atoms with Gasteiger partial charge < -0.3 is 15.0 Å². The Labute approximate surface area is 148 Å². The Bertz CT molecular complexity index is 647. The highest BCUT2D eigenvalue weighted by Gasteiger charge is 2.58. The summed E-state index contributed by atoms with van der Waals surface area (Å²) in [7, 11) is 1.64. The summed E-state index contributed by atoms with van der Waals surface area (Å²) in [5.41, 5.74) is 0.251. The Kier molecular flexibility index (Phi) is 4.82. The third kappa shape index (κ3) is 3.54. The molecule has 136 valence electrons. The summed E-state index contributed by atoms with van der Waals surface area (Å²) in [6.07, 6.45) is 6.41. The van der Waals surface area contributed by atoms with Crippen molar-refractivity contribution in [2.45, 2.75) is 63.2 Å². The molecular weight excluding hydrogens is 318 g/mol. The highest BCUT2D eigenvalue weighted by Crippen LogP contribution is 2.49. The van der Waals surface area contributed by atoms with Gasteiger partial charge in [-0.15, -0.1) is 0 Å². The quantitative estimate of drug-likeness (QED) is 0.901. The Hall–Kier alpha value is -1.95. The van der Waals surface area contributed by atoms with Gasteiger partial charge in [-0.2, -0.15) is 0 Å². The van der Waals surface area contributed by atoms with Gasteiger partial charge >= 0.3 is 0 Å². The number of likely N-dealkylation sites (tertiary alicyclic amines) is 1. The molecule has 1 N–H and O–H groups in total. The Morgan fingerprint density at radius 1 is 1.36 bits per heavy atom. The van der Waals surface area contributed by atoms with Crippen molar-refractivity contribution in [3.63, 3.8) is 0 Å². The standard InChI is InChI=1S/C19H27N3O3/c1-18(2)13-19(15(25-18)12-16(23)20-3)7-4-10-22(19)17(24)11-14-5-8-21-9-6-14/h5-6,8-9,15H,4,7,10-13H2,1-3H3,(H,20,23)/t15-,19+/m0/s1. The van der Waals surface area contributed by atoms with Crippen molar-refractivity contribution in [1.29, 1.82) is 0 Å². The minimum Gasteiger partial charge on any atom is -0.369 e. The molecule has 2 aliphatic heterocycles. The van der Waals surface area contributed by atoms with Gasteiger partial charge in [0.1, 0.15) is 0 Å². The van der Waals surface area contributed by atoms with Gasteiger partial charge in [0.2, 0.25) is 11.8 Å². The number of nitrogens with one attached hydrogen (secondary N) is 1. The van der Waals surface area contributed by atoms with E-state index >= 15 is 0 Å². The van der Waals surface area contributed by atoms with Crippen LogP contribution < -0.4 is 5.32 Å². The molecule has 2 saturated heterocycles. The Morgan fingerprint density at radius 2 is 2.08 bits per heavy atom. The number of rotatable bonds is 4. The summed E-state index contributed by atoms with van der Waals surface area (Å²) in [4.78, 5) is 31.0. The van der Waals surface area contributed by atoms with E-state index in [-0.39, 0.29) is 29.1 Å². The minimum absolute atomic E-state index is 0.0458. The minimum atomic E-state index is -0.375. The van der Waals surface area contributed by atoms with E-state index in [0.29, 0.717) is 12.8 Å². The van der Waals surface area contributed by atoms with Crippen LogP contribution in [0.5, 0.6) is 0 Å². The first-order valence-corrected chi connectivity index (χ1v) is 8.94. The normalized spacial score (nSPS) is 27.6. The van der Waals surface area contributed by atoms with Gasteiger partial charge in [0, 0.05) is 32.4 Å². The maximum Gasteiger partial charge on any atom is 0.227 e. The number of pyridine rings is 1. The molecule has 0 radical (unpaired) electrons. The molecular formula is C19H27N3O3. The molecule has 1 aromatic rings. The SMILES string of the molecule is CNC(=O)C[C@@H]1OC(C)(C)C[C@]12CCCN2C(=O)Cc1ccncc1. The highest BCUT2D eigenvalue weighted by molar-refractivity contribution is 5.81. The maximum atomic E-state index is 13.0. The predicted octanol–water partition coefficient (Wildman–Crippen LogP) is 1.69. The smallest absolute Gasteiger partial charge is 0.227 e. The van der Waals surface area contributed by atoms with Crippen molar-refractivity contribution in [2.24, 2.45) is 0 Å². The maximum absolute atomic E-state index is 13.0. The highest BCUT2D eigenvalue weighted by atomic mass is 16.5. The van der Waals surface area contributed by atoms with Crippen LogP contribution in [0, 0.1) is 0 Å². The number of ether oxygens (including phenoxy) is 1. The van der Waals surface area contributed by atoms with E-state index in [1.165, 1.54) is 0 Å². The molecule has 2 amide bonds. The first-order chi connectivity index (χ1) is 11.9. The van der Waals surface area contributed by atoms with E-state index in [1.54, 1.807) is 19.4 Å². The first-order valence-electron chi connectivity index (χ1n) is 8.94. The molecule has 0 unspecified atom stereocenters. The molecule has 0 bridgehead atoms. The third-order valence-electron chi connectivity index (χ3n) is 5.38. The van der Waals surface area contributed by atoms with Crippen LogP contribution >= 0.6 is 0 Å². The molecule has 2 aliphatic rings. The van der Waals surface area contributed by atoms with Crippen molar-refractivity contribution in [3.8, 4) is 0 Å². The molecule has 6 nitrogen and oxygen atoms in total. The first kappa shape index (κ1) is 17.9. The second-order valence-electron chi connectivity index (χ2n) is 7.71. The van der Waals surface area contributed by atoms with Crippen molar-refractivity contribution < 1.29 is 14.3 Å². The lowest BCUT2D eigenvalue weighted by atomic mass is 9.82. The molecule has 0 aromatic carbocycles. The van der Waals surface area contributed by atoms with E-state index < -0.39 is 0 Å². The topological polar surface area (TPSA) is 71.5 Å².